The zero-order chi connectivity index (χ0) is 10.8. The summed E-state index contributed by atoms with van der Waals surface area (Å²) in [6.45, 7) is 6.52. The number of guanidine groups is 1. The van der Waals surface area contributed by atoms with Crippen LogP contribution < -0.4 is 5.73 Å². The molecule has 0 aliphatic carbocycles. The first-order valence-electron chi connectivity index (χ1n) is 4.63. The summed E-state index contributed by atoms with van der Waals surface area (Å²) < 4.78 is 10.6. The Balaban J connectivity index is 2.47. The van der Waals surface area contributed by atoms with Crippen LogP contribution in [0.1, 0.15) is 20.8 Å². The molecule has 2 unspecified atom stereocenters. The second-order valence-corrected chi connectivity index (χ2v) is 3.85. The number of nitrogens with zero attached hydrogens (tertiary/aromatic N) is 1. The third kappa shape index (κ3) is 2.78. The normalized spacial score (nSPS) is 26.8. The maximum atomic E-state index is 6.97. The van der Waals surface area contributed by atoms with E-state index in [4.69, 9.17) is 20.6 Å². The third-order valence-corrected chi connectivity index (χ3v) is 2.05. The standard InChI is InChI=1S/C9H17N3O2/c1-4-13-7-6(14-7)9(2,3)5-12-8(10)11/h5-7H,4H2,1-3H3,(H3,10,11). The van der Waals surface area contributed by atoms with Gasteiger partial charge in [0.15, 0.2) is 6.29 Å². The summed E-state index contributed by atoms with van der Waals surface area (Å²) in [5, 5.41) is 6.97. The number of hydrogen-bond donors (Lipinski definition) is 2. The first kappa shape index (κ1) is 11.1. The van der Waals surface area contributed by atoms with Crippen LogP contribution in [0.15, 0.2) is 4.99 Å². The SMILES string of the molecule is CCOC1OC1C(C)(C)C=NC(=N)N. The van der Waals surface area contributed by atoms with Crippen LogP contribution in [0.2, 0.25) is 0 Å². The van der Waals surface area contributed by atoms with Crippen LogP contribution in [0.3, 0.4) is 0 Å². The monoisotopic (exact) mass is 199 g/mol. The Morgan fingerprint density at radius 1 is 1.71 bits per heavy atom. The number of hydrogen-bond acceptors (Lipinski definition) is 3. The van der Waals surface area contributed by atoms with Crippen LogP contribution in [0.5, 0.6) is 0 Å². The van der Waals surface area contributed by atoms with Crippen LogP contribution in [-0.2, 0) is 9.47 Å². The van der Waals surface area contributed by atoms with Gasteiger partial charge in [-0.2, -0.15) is 0 Å². The Bertz CT molecular complexity index is 250. The van der Waals surface area contributed by atoms with E-state index in [9.17, 15) is 0 Å². The molecule has 1 saturated heterocycles. The lowest BCUT2D eigenvalue weighted by Gasteiger charge is -2.15. The van der Waals surface area contributed by atoms with Crippen LogP contribution in [0, 0.1) is 10.8 Å². The van der Waals surface area contributed by atoms with E-state index in [1.165, 1.54) is 0 Å². The van der Waals surface area contributed by atoms with Crippen LogP contribution in [-0.4, -0.2) is 31.2 Å². The van der Waals surface area contributed by atoms with Crippen LogP contribution in [0.25, 0.3) is 0 Å². The van der Waals surface area contributed by atoms with E-state index >= 15 is 0 Å². The highest BCUT2D eigenvalue weighted by Gasteiger charge is 2.49. The van der Waals surface area contributed by atoms with E-state index in [2.05, 4.69) is 4.99 Å². The summed E-state index contributed by atoms with van der Waals surface area (Å²) in [6.07, 6.45) is 1.53. The lowest BCUT2D eigenvalue weighted by Crippen LogP contribution is -2.25. The molecular weight excluding hydrogens is 182 g/mol. The fraction of sp³-hybridized carbons (Fsp3) is 0.778. The quantitative estimate of drug-likeness (QED) is 0.398. The number of rotatable bonds is 4. The van der Waals surface area contributed by atoms with Crippen molar-refractivity contribution in [2.24, 2.45) is 16.1 Å². The molecule has 3 N–H and O–H groups in total. The van der Waals surface area contributed by atoms with E-state index in [1.807, 2.05) is 20.8 Å². The Hall–Kier alpha value is -0.940. The second-order valence-electron chi connectivity index (χ2n) is 3.85. The smallest absolute Gasteiger partial charge is 0.212 e. The van der Waals surface area contributed by atoms with Crippen molar-refractivity contribution >= 4 is 12.2 Å². The molecule has 0 saturated carbocycles. The molecule has 1 rings (SSSR count). The van der Waals surface area contributed by atoms with E-state index < -0.39 is 0 Å². The summed E-state index contributed by atoms with van der Waals surface area (Å²) in [5.41, 5.74) is 4.88. The van der Waals surface area contributed by atoms with Gasteiger partial charge < -0.3 is 15.2 Å². The minimum Gasteiger partial charge on any atom is -0.368 e. The van der Waals surface area contributed by atoms with E-state index in [0.717, 1.165) is 0 Å². The van der Waals surface area contributed by atoms with Crippen molar-refractivity contribution in [3.8, 4) is 0 Å². The fourth-order valence-corrected chi connectivity index (χ4v) is 1.23. The number of nitrogens with one attached hydrogen (secondary N) is 1. The molecular formula is C9H17N3O2. The van der Waals surface area contributed by atoms with Gasteiger partial charge in [0.25, 0.3) is 0 Å². The van der Waals surface area contributed by atoms with Crippen molar-refractivity contribution in [1.82, 2.24) is 0 Å². The number of ether oxygens (including phenoxy) is 2. The molecule has 5 nitrogen and oxygen atoms in total. The van der Waals surface area contributed by atoms with Crippen molar-refractivity contribution in [2.75, 3.05) is 6.61 Å². The van der Waals surface area contributed by atoms with Crippen molar-refractivity contribution in [2.45, 2.75) is 33.2 Å². The molecule has 0 aromatic carbocycles. The highest BCUT2D eigenvalue weighted by molar-refractivity contribution is 5.85. The molecule has 1 fully saturated rings. The van der Waals surface area contributed by atoms with Gasteiger partial charge in [-0.05, 0) is 6.92 Å². The van der Waals surface area contributed by atoms with Gasteiger partial charge in [-0.3, -0.25) is 5.41 Å². The van der Waals surface area contributed by atoms with Gasteiger partial charge in [0.1, 0.15) is 6.10 Å². The molecule has 0 spiro atoms. The Morgan fingerprint density at radius 3 is 2.86 bits per heavy atom. The van der Waals surface area contributed by atoms with Crippen LogP contribution >= 0.6 is 0 Å². The molecule has 1 heterocycles. The molecule has 0 bridgehead atoms. The highest BCUT2D eigenvalue weighted by atomic mass is 16.8. The molecule has 14 heavy (non-hydrogen) atoms. The number of aliphatic imine (C=N–C) groups is 1. The van der Waals surface area contributed by atoms with E-state index in [1.54, 1.807) is 6.21 Å². The molecule has 0 aromatic heterocycles. The minimum atomic E-state index is -0.245. The van der Waals surface area contributed by atoms with Gasteiger partial charge in [0.05, 0.1) is 0 Å². The van der Waals surface area contributed by atoms with Crippen molar-refractivity contribution in [1.29, 1.82) is 5.41 Å². The molecule has 1 aliphatic rings. The molecule has 2 atom stereocenters. The van der Waals surface area contributed by atoms with Gasteiger partial charge in [0, 0.05) is 18.2 Å². The van der Waals surface area contributed by atoms with Crippen molar-refractivity contribution in [3.63, 3.8) is 0 Å². The van der Waals surface area contributed by atoms with Crippen molar-refractivity contribution < 1.29 is 9.47 Å². The summed E-state index contributed by atoms with van der Waals surface area (Å²) >= 11 is 0. The first-order chi connectivity index (χ1) is 6.47. The number of nitrogens with two attached hydrogens (primary N) is 1. The summed E-state index contributed by atoms with van der Waals surface area (Å²) in [4.78, 5) is 3.75. The van der Waals surface area contributed by atoms with Gasteiger partial charge >= 0.3 is 0 Å². The fourth-order valence-electron chi connectivity index (χ4n) is 1.23. The van der Waals surface area contributed by atoms with Gasteiger partial charge in [-0.15, -0.1) is 0 Å². The predicted molar refractivity (Wildman–Crippen MR) is 54.5 cm³/mol. The molecule has 1 aliphatic heterocycles. The molecule has 0 aromatic rings. The zero-order valence-corrected chi connectivity index (χ0v) is 8.78. The molecule has 0 amide bonds. The summed E-state index contributed by atoms with van der Waals surface area (Å²) in [7, 11) is 0. The average Bonchev–Trinajstić information content (AvgIpc) is 2.82. The lowest BCUT2D eigenvalue weighted by molar-refractivity contribution is 0.0592. The zero-order valence-electron chi connectivity index (χ0n) is 8.78. The van der Waals surface area contributed by atoms with E-state index in [0.29, 0.717) is 6.61 Å². The van der Waals surface area contributed by atoms with Gasteiger partial charge in [-0.1, -0.05) is 13.8 Å². The minimum absolute atomic E-state index is 0.0190. The Labute approximate surface area is 83.8 Å². The van der Waals surface area contributed by atoms with Gasteiger partial charge in [-0.25, -0.2) is 4.99 Å². The predicted octanol–water partition coefficient (Wildman–Crippen LogP) is 0.738. The van der Waals surface area contributed by atoms with Crippen LogP contribution in [0.4, 0.5) is 0 Å². The average molecular weight is 199 g/mol. The van der Waals surface area contributed by atoms with Gasteiger partial charge in [0.2, 0.25) is 5.96 Å². The highest BCUT2D eigenvalue weighted by Crippen LogP contribution is 2.37. The largest absolute Gasteiger partial charge is 0.368 e. The molecule has 0 radical (unpaired) electrons. The third-order valence-electron chi connectivity index (χ3n) is 2.05. The lowest BCUT2D eigenvalue weighted by atomic mass is 9.91. The maximum Gasteiger partial charge on any atom is 0.212 e. The first-order valence-corrected chi connectivity index (χ1v) is 4.63. The Kier molecular flexibility index (Phi) is 3.23. The summed E-state index contributed by atoms with van der Waals surface area (Å²) in [5.74, 6) is -0.188. The van der Waals surface area contributed by atoms with Crippen molar-refractivity contribution in [3.05, 3.63) is 0 Å². The second kappa shape index (κ2) is 4.06. The summed E-state index contributed by atoms with van der Waals surface area (Å²) in [6, 6.07) is 0. The van der Waals surface area contributed by atoms with E-state index in [-0.39, 0.29) is 23.8 Å². The Morgan fingerprint density at radius 2 is 2.36 bits per heavy atom. The topological polar surface area (TPSA) is 84.0 Å². The maximum absolute atomic E-state index is 6.97. The molecule has 80 valence electrons. The molecule has 5 heteroatoms. The number of epoxide rings is 1.